The molecule has 0 fully saturated rings. The fourth-order valence-electron chi connectivity index (χ4n) is 2.50. The third-order valence-corrected chi connectivity index (χ3v) is 4.34. The molecule has 1 heterocycles. The molecule has 0 aliphatic heterocycles. The Balaban J connectivity index is 1.69. The number of anilines is 1. The molecule has 3 aromatic rings. The van der Waals surface area contributed by atoms with Crippen molar-refractivity contribution in [3.8, 4) is 0 Å². The summed E-state index contributed by atoms with van der Waals surface area (Å²) in [7, 11) is 0. The average molecular weight is 386 g/mol. The number of carbonyl (C=O) groups is 2. The Kier molecular flexibility index (Phi) is 5.28. The second kappa shape index (κ2) is 7.63. The van der Waals surface area contributed by atoms with Gasteiger partial charge in [-0.05, 0) is 49.2 Å². The molecular formula is C20H16ClNO5. The monoisotopic (exact) mass is 385 g/mol. The molecule has 6 nitrogen and oxygen atoms in total. The third kappa shape index (κ3) is 4.17. The van der Waals surface area contributed by atoms with E-state index in [9.17, 15) is 14.4 Å². The highest BCUT2D eigenvalue weighted by Crippen LogP contribution is 2.19. The highest BCUT2D eigenvalue weighted by molar-refractivity contribution is 6.31. The van der Waals surface area contributed by atoms with Gasteiger partial charge >= 0.3 is 5.97 Å². The number of benzene rings is 2. The Morgan fingerprint density at radius 2 is 1.93 bits per heavy atom. The second-order valence-electron chi connectivity index (χ2n) is 5.99. The van der Waals surface area contributed by atoms with Crippen molar-refractivity contribution in [2.45, 2.75) is 13.8 Å². The summed E-state index contributed by atoms with van der Waals surface area (Å²) in [4.78, 5) is 36.3. The summed E-state index contributed by atoms with van der Waals surface area (Å²) < 4.78 is 10.3. The first-order chi connectivity index (χ1) is 12.8. The third-order valence-electron chi connectivity index (χ3n) is 4.10. The van der Waals surface area contributed by atoms with Crippen molar-refractivity contribution in [3.63, 3.8) is 0 Å². The average Bonchev–Trinajstić information content (AvgIpc) is 2.64. The largest absolute Gasteiger partial charge is 0.450 e. The van der Waals surface area contributed by atoms with Crippen molar-refractivity contribution in [3.05, 3.63) is 74.6 Å². The fraction of sp³-hybridized carbons (Fsp3) is 0.150. The molecule has 0 aliphatic rings. The van der Waals surface area contributed by atoms with Crippen molar-refractivity contribution >= 4 is 40.1 Å². The van der Waals surface area contributed by atoms with E-state index in [-0.39, 0.29) is 16.7 Å². The second-order valence-corrected chi connectivity index (χ2v) is 6.42. The minimum absolute atomic E-state index is 0.207. The van der Waals surface area contributed by atoms with Crippen molar-refractivity contribution in [1.82, 2.24) is 0 Å². The van der Waals surface area contributed by atoms with Gasteiger partial charge in [-0.15, -0.1) is 0 Å². The number of amides is 1. The van der Waals surface area contributed by atoms with E-state index in [0.717, 1.165) is 17.2 Å². The van der Waals surface area contributed by atoms with Gasteiger partial charge in [-0.25, -0.2) is 4.79 Å². The van der Waals surface area contributed by atoms with Gasteiger partial charge in [0.2, 0.25) is 5.76 Å². The van der Waals surface area contributed by atoms with Crippen molar-refractivity contribution < 1.29 is 18.7 Å². The molecule has 0 radical (unpaired) electrons. The Bertz CT molecular complexity index is 1100. The van der Waals surface area contributed by atoms with Gasteiger partial charge in [0.25, 0.3) is 5.91 Å². The summed E-state index contributed by atoms with van der Waals surface area (Å²) in [5.41, 5.74) is 2.38. The molecule has 1 amide bonds. The summed E-state index contributed by atoms with van der Waals surface area (Å²) in [6, 6.07) is 11.0. The molecule has 2 aromatic carbocycles. The van der Waals surface area contributed by atoms with E-state index in [1.165, 1.54) is 12.1 Å². The maximum Gasteiger partial charge on any atom is 0.374 e. The van der Waals surface area contributed by atoms with Crippen molar-refractivity contribution in [1.29, 1.82) is 0 Å². The lowest BCUT2D eigenvalue weighted by Crippen LogP contribution is -2.22. The van der Waals surface area contributed by atoms with Crippen molar-refractivity contribution in [2.75, 3.05) is 11.9 Å². The van der Waals surface area contributed by atoms with Crippen LogP contribution >= 0.6 is 11.6 Å². The van der Waals surface area contributed by atoms with Gasteiger partial charge < -0.3 is 14.5 Å². The van der Waals surface area contributed by atoms with Gasteiger partial charge in [-0.1, -0.05) is 23.7 Å². The fourth-order valence-corrected chi connectivity index (χ4v) is 2.68. The van der Waals surface area contributed by atoms with Crippen LogP contribution in [0.5, 0.6) is 0 Å². The quantitative estimate of drug-likeness (QED) is 0.689. The van der Waals surface area contributed by atoms with E-state index in [1.54, 1.807) is 12.1 Å². The summed E-state index contributed by atoms with van der Waals surface area (Å²) in [5, 5.41) is 3.32. The lowest BCUT2D eigenvalue weighted by Gasteiger charge is -2.10. The Morgan fingerprint density at radius 1 is 1.15 bits per heavy atom. The lowest BCUT2D eigenvalue weighted by atomic mass is 10.1. The molecule has 0 saturated heterocycles. The summed E-state index contributed by atoms with van der Waals surface area (Å²) >= 11 is 5.85. The molecule has 0 spiro atoms. The Morgan fingerprint density at radius 3 is 2.70 bits per heavy atom. The van der Waals surface area contributed by atoms with Crippen LogP contribution in [0.3, 0.4) is 0 Å². The number of carbonyl (C=O) groups excluding carboxylic acids is 2. The molecule has 7 heteroatoms. The maximum absolute atomic E-state index is 12.1. The molecule has 27 heavy (non-hydrogen) atoms. The number of halogens is 1. The smallest absolute Gasteiger partial charge is 0.374 e. The number of hydrogen-bond acceptors (Lipinski definition) is 5. The molecule has 0 unspecified atom stereocenters. The van der Waals surface area contributed by atoms with E-state index in [4.69, 9.17) is 20.8 Å². The van der Waals surface area contributed by atoms with E-state index < -0.39 is 23.9 Å². The number of rotatable bonds is 4. The number of esters is 1. The topological polar surface area (TPSA) is 85.6 Å². The first-order valence-electron chi connectivity index (χ1n) is 8.12. The van der Waals surface area contributed by atoms with Gasteiger partial charge in [0, 0.05) is 16.8 Å². The van der Waals surface area contributed by atoms with Gasteiger partial charge in [-0.3, -0.25) is 9.59 Å². The molecule has 0 bridgehead atoms. The zero-order valence-electron chi connectivity index (χ0n) is 14.7. The molecule has 1 N–H and O–H groups in total. The first kappa shape index (κ1) is 18.7. The van der Waals surface area contributed by atoms with E-state index in [1.807, 2.05) is 26.0 Å². The van der Waals surface area contributed by atoms with Crippen molar-refractivity contribution in [2.24, 2.45) is 0 Å². The van der Waals surface area contributed by atoms with Crippen LogP contribution in [0.15, 0.2) is 51.7 Å². The molecular weight excluding hydrogens is 370 g/mol. The van der Waals surface area contributed by atoms with Crippen LogP contribution in [0.4, 0.5) is 5.69 Å². The Hall–Kier alpha value is -3.12. The van der Waals surface area contributed by atoms with Crippen LogP contribution in [0, 0.1) is 13.8 Å². The van der Waals surface area contributed by atoms with Crippen LogP contribution in [0.25, 0.3) is 11.0 Å². The standard InChI is InChI=1S/C20H16ClNO5/c1-11-4-3-5-15(12(11)2)22-19(24)10-26-20(25)18-9-16(23)14-8-13(21)6-7-17(14)27-18/h3-9H,10H2,1-2H3,(H,22,24). The number of nitrogens with one attached hydrogen (secondary N) is 1. The number of ether oxygens (including phenoxy) is 1. The first-order valence-corrected chi connectivity index (χ1v) is 8.49. The molecule has 0 saturated carbocycles. The highest BCUT2D eigenvalue weighted by atomic mass is 35.5. The number of fused-ring (bicyclic) bond motifs is 1. The normalized spacial score (nSPS) is 10.6. The summed E-state index contributed by atoms with van der Waals surface area (Å²) in [6.45, 7) is 3.31. The molecule has 0 atom stereocenters. The SMILES string of the molecule is Cc1cccc(NC(=O)COC(=O)c2cc(=O)c3cc(Cl)ccc3o2)c1C. The molecule has 1 aromatic heterocycles. The van der Waals surface area contributed by atoms with Crippen LogP contribution in [-0.2, 0) is 9.53 Å². The minimum Gasteiger partial charge on any atom is -0.450 e. The van der Waals surface area contributed by atoms with E-state index in [0.29, 0.717) is 10.7 Å². The predicted octanol–water partition coefficient (Wildman–Crippen LogP) is 3.86. The summed E-state index contributed by atoms with van der Waals surface area (Å²) in [5.74, 6) is -1.68. The van der Waals surface area contributed by atoms with Crippen LogP contribution in [0.2, 0.25) is 5.02 Å². The van der Waals surface area contributed by atoms with Gasteiger partial charge in [-0.2, -0.15) is 0 Å². The lowest BCUT2D eigenvalue weighted by molar-refractivity contribution is -0.119. The molecule has 3 rings (SSSR count). The zero-order valence-corrected chi connectivity index (χ0v) is 15.4. The van der Waals surface area contributed by atoms with Crippen LogP contribution in [-0.4, -0.2) is 18.5 Å². The number of hydrogen-bond donors (Lipinski definition) is 1. The Labute approximate surface area is 159 Å². The van der Waals surface area contributed by atoms with E-state index >= 15 is 0 Å². The van der Waals surface area contributed by atoms with Crippen LogP contribution < -0.4 is 10.7 Å². The van der Waals surface area contributed by atoms with Gasteiger partial charge in [0.15, 0.2) is 12.0 Å². The molecule has 138 valence electrons. The van der Waals surface area contributed by atoms with Gasteiger partial charge in [0.05, 0.1) is 5.39 Å². The highest BCUT2D eigenvalue weighted by Gasteiger charge is 2.16. The predicted molar refractivity (Wildman–Crippen MR) is 102 cm³/mol. The maximum atomic E-state index is 12.1. The molecule has 0 aliphatic carbocycles. The minimum atomic E-state index is -0.903. The zero-order chi connectivity index (χ0) is 19.6. The number of aryl methyl sites for hydroxylation is 1. The summed E-state index contributed by atoms with van der Waals surface area (Å²) in [6.07, 6.45) is 0. The van der Waals surface area contributed by atoms with Gasteiger partial charge in [0.1, 0.15) is 5.58 Å². The van der Waals surface area contributed by atoms with Crippen LogP contribution in [0.1, 0.15) is 21.7 Å². The van der Waals surface area contributed by atoms with E-state index in [2.05, 4.69) is 5.32 Å².